The number of nitrogens with zero attached hydrogens (tertiary/aromatic N) is 1. The minimum absolute atomic E-state index is 0.513. The number of methoxy groups -OCH3 is 1. The van der Waals surface area contributed by atoms with Crippen molar-refractivity contribution >= 4 is 11.8 Å². The van der Waals surface area contributed by atoms with Crippen LogP contribution >= 0.6 is 11.8 Å². The van der Waals surface area contributed by atoms with Crippen LogP contribution in [0.25, 0.3) is 0 Å². The second-order valence-electron chi connectivity index (χ2n) is 5.87. The normalized spacial score (nSPS) is 27.7. The van der Waals surface area contributed by atoms with Crippen molar-refractivity contribution < 1.29 is 4.74 Å². The summed E-state index contributed by atoms with van der Waals surface area (Å²) in [4.78, 5) is 2.60. The van der Waals surface area contributed by atoms with E-state index in [1.54, 1.807) is 7.11 Å². The van der Waals surface area contributed by atoms with Crippen molar-refractivity contribution in [3.63, 3.8) is 0 Å². The summed E-state index contributed by atoms with van der Waals surface area (Å²) in [5.41, 5.74) is 0. The van der Waals surface area contributed by atoms with Gasteiger partial charge in [-0.3, -0.25) is 4.90 Å². The Morgan fingerprint density at radius 2 is 1.83 bits per heavy atom. The van der Waals surface area contributed by atoms with Gasteiger partial charge >= 0.3 is 0 Å². The van der Waals surface area contributed by atoms with Crippen LogP contribution < -0.4 is 5.32 Å². The van der Waals surface area contributed by atoms with Gasteiger partial charge in [0.25, 0.3) is 0 Å². The molecule has 1 N–H and O–H groups in total. The third-order valence-electron chi connectivity index (χ3n) is 3.26. The molecule has 1 aliphatic heterocycles. The van der Waals surface area contributed by atoms with Crippen molar-refractivity contribution in [1.82, 2.24) is 10.2 Å². The summed E-state index contributed by atoms with van der Waals surface area (Å²) in [6.45, 7) is 14.5. The molecule has 0 amide bonds. The Labute approximate surface area is 117 Å². The van der Waals surface area contributed by atoms with E-state index in [9.17, 15) is 0 Å². The summed E-state index contributed by atoms with van der Waals surface area (Å²) >= 11 is 2.11. The molecule has 18 heavy (non-hydrogen) atoms. The molecule has 1 saturated heterocycles. The molecular formula is C14H30N2OS. The second kappa shape index (κ2) is 8.41. The number of rotatable bonds is 7. The van der Waals surface area contributed by atoms with Crippen LogP contribution in [0.5, 0.6) is 0 Å². The van der Waals surface area contributed by atoms with Crippen LogP contribution in [0.3, 0.4) is 0 Å². The number of hydrogen-bond acceptors (Lipinski definition) is 4. The van der Waals surface area contributed by atoms with Crippen LogP contribution in [0.1, 0.15) is 27.7 Å². The van der Waals surface area contributed by atoms with E-state index in [1.807, 2.05) is 0 Å². The fourth-order valence-electron chi connectivity index (χ4n) is 2.54. The SMILES string of the molecule is COCC(CNCC(C)C)N1CC(C)SC(C)C1. The molecule has 0 aromatic rings. The molecule has 1 rings (SSSR count). The maximum Gasteiger partial charge on any atom is 0.0630 e. The van der Waals surface area contributed by atoms with Crippen LogP contribution in [-0.2, 0) is 4.74 Å². The lowest BCUT2D eigenvalue weighted by Crippen LogP contribution is -2.52. The quantitative estimate of drug-likeness (QED) is 0.768. The van der Waals surface area contributed by atoms with E-state index in [2.05, 4.69) is 49.7 Å². The first-order valence-electron chi connectivity index (χ1n) is 7.12. The fraction of sp³-hybridized carbons (Fsp3) is 1.00. The molecule has 3 atom stereocenters. The van der Waals surface area contributed by atoms with Gasteiger partial charge in [0.2, 0.25) is 0 Å². The molecule has 3 unspecified atom stereocenters. The topological polar surface area (TPSA) is 24.5 Å². The zero-order chi connectivity index (χ0) is 13.5. The van der Waals surface area contributed by atoms with Gasteiger partial charge in [-0.25, -0.2) is 0 Å². The van der Waals surface area contributed by atoms with E-state index >= 15 is 0 Å². The smallest absolute Gasteiger partial charge is 0.0630 e. The first kappa shape index (κ1) is 16.3. The summed E-state index contributed by atoms with van der Waals surface area (Å²) < 4.78 is 5.40. The van der Waals surface area contributed by atoms with Gasteiger partial charge in [0.15, 0.2) is 0 Å². The van der Waals surface area contributed by atoms with Crippen LogP contribution in [-0.4, -0.2) is 61.3 Å². The first-order valence-corrected chi connectivity index (χ1v) is 8.06. The average molecular weight is 274 g/mol. The lowest BCUT2D eigenvalue weighted by molar-refractivity contribution is 0.0876. The lowest BCUT2D eigenvalue weighted by Gasteiger charge is -2.39. The first-order chi connectivity index (χ1) is 8.52. The molecule has 4 heteroatoms. The molecule has 1 aliphatic rings. The van der Waals surface area contributed by atoms with Crippen LogP contribution in [0, 0.1) is 5.92 Å². The Morgan fingerprint density at radius 3 is 2.33 bits per heavy atom. The monoisotopic (exact) mass is 274 g/mol. The van der Waals surface area contributed by atoms with Crippen molar-refractivity contribution in [3.8, 4) is 0 Å². The molecule has 0 bridgehead atoms. The Kier molecular flexibility index (Phi) is 7.61. The molecule has 0 saturated carbocycles. The molecule has 0 aromatic heterocycles. The summed E-state index contributed by atoms with van der Waals surface area (Å²) in [6.07, 6.45) is 0. The zero-order valence-electron chi connectivity index (χ0n) is 12.6. The highest BCUT2D eigenvalue weighted by molar-refractivity contribution is 8.00. The van der Waals surface area contributed by atoms with Crippen molar-refractivity contribution in [2.45, 2.75) is 44.2 Å². The van der Waals surface area contributed by atoms with E-state index in [0.29, 0.717) is 12.0 Å². The number of hydrogen-bond donors (Lipinski definition) is 1. The highest BCUT2D eigenvalue weighted by atomic mass is 32.2. The molecule has 3 nitrogen and oxygen atoms in total. The van der Waals surface area contributed by atoms with Gasteiger partial charge in [-0.05, 0) is 12.5 Å². The molecule has 108 valence electrons. The molecule has 0 radical (unpaired) electrons. The molecule has 1 fully saturated rings. The maximum absolute atomic E-state index is 5.40. The third kappa shape index (κ3) is 5.91. The molecular weight excluding hydrogens is 244 g/mol. The van der Waals surface area contributed by atoms with Gasteiger partial charge in [-0.15, -0.1) is 0 Å². The summed E-state index contributed by atoms with van der Waals surface area (Å²) in [6, 6.07) is 0.513. The maximum atomic E-state index is 5.40. The van der Waals surface area contributed by atoms with Crippen molar-refractivity contribution in [1.29, 1.82) is 0 Å². The number of thioether (sulfide) groups is 1. The Bertz CT molecular complexity index is 216. The highest BCUT2D eigenvalue weighted by Crippen LogP contribution is 2.25. The van der Waals surface area contributed by atoms with E-state index in [1.165, 1.54) is 13.1 Å². The van der Waals surface area contributed by atoms with Gasteiger partial charge in [-0.1, -0.05) is 27.7 Å². The van der Waals surface area contributed by atoms with Crippen LogP contribution in [0.2, 0.25) is 0 Å². The molecule has 0 spiro atoms. The predicted molar refractivity (Wildman–Crippen MR) is 81.5 cm³/mol. The van der Waals surface area contributed by atoms with Gasteiger partial charge in [0.1, 0.15) is 0 Å². The van der Waals surface area contributed by atoms with Gasteiger partial charge in [0.05, 0.1) is 6.61 Å². The van der Waals surface area contributed by atoms with Gasteiger partial charge in [0, 0.05) is 43.3 Å². The minimum Gasteiger partial charge on any atom is -0.383 e. The van der Waals surface area contributed by atoms with Crippen molar-refractivity contribution in [3.05, 3.63) is 0 Å². The number of ether oxygens (including phenoxy) is 1. The molecule has 0 aromatic carbocycles. The van der Waals surface area contributed by atoms with Crippen LogP contribution in [0.15, 0.2) is 0 Å². The number of nitrogens with one attached hydrogen (secondary N) is 1. The predicted octanol–water partition coefficient (Wildman–Crippen LogP) is 2.07. The Morgan fingerprint density at radius 1 is 1.22 bits per heavy atom. The highest BCUT2D eigenvalue weighted by Gasteiger charge is 2.27. The van der Waals surface area contributed by atoms with E-state index in [0.717, 1.165) is 30.2 Å². The molecule has 0 aliphatic carbocycles. The molecule has 1 heterocycles. The lowest BCUT2D eigenvalue weighted by atomic mass is 10.2. The second-order valence-corrected chi connectivity index (χ2v) is 7.75. The van der Waals surface area contributed by atoms with E-state index < -0.39 is 0 Å². The van der Waals surface area contributed by atoms with Gasteiger partial charge in [-0.2, -0.15) is 11.8 Å². The van der Waals surface area contributed by atoms with Crippen LogP contribution in [0.4, 0.5) is 0 Å². The Balaban J connectivity index is 2.43. The summed E-state index contributed by atoms with van der Waals surface area (Å²) in [7, 11) is 1.81. The summed E-state index contributed by atoms with van der Waals surface area (Å²) in [5.74, 6) is 0.711. The third-order valence-corrected chi connectivity index (χ3v) is 4.48. The Hall–Kier alpha value is 0.230. The van der Waals surface area contributed by atoms with Crippen molar-refractivity contribution in [2.75, 3.05) is 39.9 Å². The average Bonchev–Trinajstić information content (AvgIpc) is 2.26. The summed E-state index contributed by atoms with van der Waals surface area (Å²) in [5, 5.41) is 5.04. The minimum atomic E-state index is 0.513. The standard InChI is InChI=1S/C14H30N2OS/c1-11(2)6-15-7-14(10-17-5)16-8-12(3)18-13(4)9-16/h11-15H,6-10H2,1-5H3. The fourth-order valence-corrected chi connectivity index (χ4v) is 3.89. The zero-order valence-corrected chi connectivity index (χ0v) is 13.4. The van der Waals surface area contributed by atoms with Gasteiger partial charge < -0.3 is 10.1 Å². The van der Waals surface area contributed by atoms with Crippen molar-refractivity contribution in [2.24, 2.45) is 5.92 Å². The van der Waals surface area contributed by atoms with E-state index in [-0.39, 0.29) is 0 Å². The van der Waals surface area contributed by atoms with E-state index in [4.69, 9.17) is 4.74 Å². The largest absolute Gasteiger partial charge is 0.383 e.